The number of aliphatic hydroxyl groups is 1. The van der Waals surface area contributed by atoms with Crippen LogP contribution in [-0.2, 0) is 14.4 Å². The highest BCUT2D eigenvalue weighted by molar-refractivity contribution is 6.31. The molecule has 3 aliphatic heterocycles. The Kier molecular flexibility index (Phi) is 14.0. The highest BCUT2D eigenvalue weighted by Gasteiger charge is 2.64. The molecule has 3 aromatic carbocycles. The molecule has 1 aliphatic carbocycles. The number of amides is 4. The standard InChI is InChI=1S/C53H64ClN7O7/c1-31(2)46(44-23-32(3)58-68-44)49(66)61-30-39(62)24-43(61)48(65)56-42(34-11-9-8-10-12-34)26-45(63)59-21-19-33(20-22-59)37-28-60(29-37)38-16-13-35(14-17-38)47(64)57-50-52(4,5)51(53(50,6)7)67-40-18-15-36(27-55)41(54)25-40/h8-18,23,25,31,33,37,39,42-43,46,50-51,62H,19-22,24,26,28-30H2,1-7H3,(H,56,65)(H,57,64)/t39-,42+,43+,46-,50?,51?/m1/s1. The van der Waals surface area contributed by atoms with Gasteiger partial charge in [-0.2, -0.15) is 5.26 Å². The van der Waals surface area contributed by atoms with Crippen LogP contribution in [0.5, 0.6) is 5.75 Å². The third-order valence-corrected chi connectivity index (χ3v) is 15.4. The van der Waals surface area contributed by atoms with E-state index in [9.17, 15) is 29.5 Å². The smallest absolute Gasteiger partial charge is 0.251 e. The van der Waals surface area contributed by atoms with Crippen LogP contribution in [0.3, 0.4) is 0 Å². The first-order valence-electron chi connectivity index (χ1n) is 23.9. The molecule has 14 nitrogen and oxygen atoms in total. The van der Waals surface area contributed by atoms with Crippen LogP contribution < -0.4 is 20.3 Å². The van der Waals surface area contributed by atoms with Gasteiger partial charge in [-0.15, -0.1) is 0 Å². The summed E-state index contributed by atoms with van der Waals surface area (Å²) < 4.78 is 11.9. The van der Waals surface area contributed by atoms with Crippen LogP contribution >= 0.6 is 11.6 Å². The number of carbonyl (C=O) groups is 4. The molecular formula is C53H64ClN7O7. The Morgan fingerprint density at radius 3 is 2.22 bits per heavy atom. The van der Waals surface area contributed by atoms with Crippen LogP contribution in [0.2, 0.25) is 5.02 Å². The minimum atomic E-state index is -0.907. The van der Waals surface area contributed by atoms with Crippen molar-refractivity contribution in [2.45, 2.75) is 110 Å². The van der Waals surface area contributed by atoms with Crippen molar-refractivity contribution < 1.29 is 33.5 Å². The van der Waals surface area contributed by atoms with Crippen molar-refractivity contribution in [1.29, 1.82) is 5.26 Å². The van der Waals surface area contributed by atoms with Gasteiger partial charge in [0.25, 0.3) is 5.91 Å². The highest BCUT2D eigenvalue weighted by atomic mass is 35.5. The lowest BCUT2D eigenvalue weighted by Gasteiger charge is -2.63. The lowest BCUT2D eigenvalue weighted by atomic mass is 9.49. The maximum absolute atomic E-state index is 14.1. The normalized spacial score (nSPS) is 23.2. The van der Waals surface area contributed by atoms with Gasteiger partial charge < -0.3 is 39.7 Å². The largest absolute Gasteiger partial charge is 0.489 e. The quantitative estimate of drug-likeness (QED) is 0.115. The van der Waals surface area contributed by atoms with Gasteiger partial charge in [-0.25, -0.2) is 0 Å². The number of piperidine rings is 1. The van der Waals surface area contributed by atoms with Crippen LogP contribution in [0, 0.1) is 46.8 Å². The Morgan fingerprint density at radius 1 is 0.941 bits per heavy atom. The van der Waals surface area contributed by atoms with E-state index in [4.69, 9.17) is 20.9 Å². The monoisotopic (exact) mass is 945 g/mol. The first-order chi connectivity index (χ1) is 32.3. The van der Waals surface area contributed by atoms with Gasteiger partial charge in [0.2, 0.25) is 17.7 Å². The molecule has 4 atom stereocenters. The number of ether oxygens (including phenoxy) is 1. The molecule has 0 spiro atoms. The second-order valence-corrected chi connectivity index (χ2v) is 21.3. The third kappa shape index (κ3) is 9.83. The molecule has 0 radical (unpaired) electrons. The number of hydrogen-bond acceptors (Lipinski definition) is 10. The number of rotatable bonds is 14. The van der Waals surface area contributed by atoms with Crippen molar-refractivity contribution >= 4 is 40.9 Å². The minimum absolute atomic E-state index is 0.0259. The number of aliphatic hydroxyl groups excluding tert-OH is 1. The Morgan fingerprint density at radius 2 is 1.62 bits per heavy atom. The molecule has 3 saturated heterocycles. The second kappa shape index (κ2) is 19.6. The predicted molar refractivity (Wildman–Crippen MR) is 258 cm³/mol. The Hall–Kier alpha value is -5.91. The van der Waals surface area contributed by atoms with Gasteiger partial charge in [-0.3, -0.25) is 19.2 Å². The lowest BCUT2D eigenvalue weighted by Crippen LogP contribution is -2.74. The fourth-order valence-electron chi connectivity index (χ4n) is 11.5. The number of halogens is 1. The fraction of sp³-hybridized carbons (Fsp3) is 0.509. The summed E-state index contributed by atoms with van der Waals surface area (Å²) in [5.41, 5.74) is 2.76. The number of hydrogen-bond donors (Lipinski definition) is 3. The number of carbonyl (C=O) groups excluding carboxylic acids is 4. The van der Waals surface area contributed by atoms with Crippen LogP contribution in [0.1, 0.15) is 112 Å². The molecule has 4 aromatic rings. The summed E-state index contributed by atoms with van der Waals surface area (Å²) in [5, 5.41) is 30.7. The number of benzene rings is 3. The summed E-state index contributed by atoms with van der Waals surface area (Å²) in [7, 11) is 0. The van der Waals surface area contributed by atoms with Crippen LogP contribution in [0.4, 0.5) is 5.69 Å². The van der Waals surface area contributed by atoms with Crippen molar-refractivity contribution in [3.63, 3.8) is 0 Å². The first kappa shape index (κ1) is 48.5. The van der Waals surface area contributed by atoms with Crippen molar-refractivity contribution in [2.75, 3.05) is 37.6 Å². The van der Waals surface area contributed by atoms with Crippen molar-refractivity contribution in [2.24, 2.45) is 28.6 Å². The molecule has 3 N–H and O–H groups in total. The van der Waals surface area contributed by atoms with E-state index in [1.54, 1.807) is 31.2 Å². The molecule has 4 heterocycles. The zero-order valence-electron chi connectivity index (χ0n) is 40.1. The zero-order valence-corrected chi connectivity index (χ0v) is 40.8. The van der Waals surface area contributed by atoms with Gasteiger partial charge in [0.15, 0.2) is 0 Å². The van der Waals surface area contributed by atoms with Gasteiger partial charge in [-0.05, 0) is 79.5 Å². The summed E-state index contributed by atoms with van der Waals surface area (Å²) in [6, 6.07) is 24.4. The zero-order chi connectivity index (χ0) is 48.7. The van der Waals surface area contributed by atoms with E-state index in [2.05, 4.69) is 54.5 Å². The maximum Gasteiger partial charge on any atom is 0.251 e. The van der Waals surface area contributed by atoms with Gasteiger partial charge in [0, 0.05) is 79.4 Å². The number of nitrogens with zero attached hydrogens (tertiary/aromatic N) is 5. The van der Waals surface area contributed by atoms with Crippen LogP contribution in [-0.4, -0.2) is 101 Å². The Labute approximate surface area is 404 Å². The molecule has 68 heavy (non-hydrogen) atoms. The molecule has 15 heteroatoms. The topological polar surface area (TPSA) is 181 Å². The number of nitrogens with one attached hydrogen (secondary N) is 2. The van der Waals surface area contributed by atoms with E-state index in [1.165, 1.54) is 4.90 Å². The number of β-amino-alcohol motifs (C(OH)–C–C–N with tert-alkyl or cyclic N) is 1. The Balaban J connectivity index is 0.814. The molecular weight excluding hydrogens is 882 g/mol. The number of nitriles is 1. The predicted octanol–water partition coefficient (Wildman–Crippen LogP) is 7.44. The number of anilines is 1. The summed E-state index contributed by atoms with van der Waals surface area (Å²) in [6.45, 7) is 17.1. The van der Waals surface area contributed by atoms with Crippen LogP contribution in [0.25, 0.3) is 0 Å². The third-order valence-electron chi connectivity index (χ3n) is 15.0. The molecule has 8 rings (SSSR count). The Bertz CT molecular complexity index is 2510. The molecule has 4 amide bonds. The van der Waals surface area contributed by atoms with Crippen molar-refractivity contribution in [3.05, 3.63) is 112 Å². The number of likely N-dealkylation sites (tertiary alicyclic amines) is 2. The summed E-state index contributed by atoms with van der Waals surface area (Å²) in [6.07, 6.45) is 0.894. The van der Waals surface area contributed by atoms with Crippen LogP contribution in [0.15, 0.2) is 83.4 Å². The van der Waals surface area contributed by atoms with E-state index in [-0.39, 0.29) is 66.0 Å². The molecule has 0 unspecified atom stereocenters. The average molecular weight is 947 g/mol. The molecule has 1 saturated carbocycles. The molecule has 0 bridgehead atoms. The van der Waals surface area contributed by atoms with E-state index in [1.807, 2.05) is 73.3 Å². The minimum Gasteiger partial charge on any atom is -0.489 e. The van der Waals surface area contributed by atoms with Gasteiger partial charge in [0.05, 0.1) is 34.8 Å². The summed E-state index contributed by atoms with van der Waals surface area (Å²) in [4.78, 5) is 61.3. The number of aryl methyl sites for hydroxylation is 1. The molecule has 4 fully saturated rings. The van der Waals surface area contributed by atoms with Gasteiger partial charge in [0.1, 0.15) is 35.6 Å². The van der Waals surface area contributed by atoms with E-state index >= 15 is 0 Å². The van der Waals surface area contributed by atoms with E-state index in [0.29, 0.717) is 58.3 Å². The maximum atomic E-state index is 14.1. The lowest BCUT2D eigenvalue weighted by molar-refractivity contribution is -0.164. The van der Waals surface area contributed by atoms with E-state index < -0.39 is 30.0 Å². The van der Waals surface area contributed by atoms with Crippen molar-refractivity contribution in [3.8, 4) is 11.8 Å². The van der Waals surface area contributed by atoms with Gasteiger partial charge in [-0.1, -0.05) is 88.6 Å². The summed E-state index contributed by atoms with van der Waals surface area (Å²) >= 11 is 6.27. The molecule has 1 aromatic heterocycles. The second-order valence-electron chi connectivity index (χ2n) is 20.9. The number of aromatic nitrogens is 1. The SMILES string of the molecule is Cc1cc([C@H](C(=O)N2C[C@H](O)C[C@H]2C(=O)N[C@@H](CC(=O)N2CCC(C3CN(c4ccc(C(=O)NC5C(C)(C)C(Oc6ccc(C#N)c(Cl)c6)C5(C)C)cc4)C3)CC2)c2ccccc2)C(C)C)on1. The molecule has 360 valence electrons. The van der Waals surface area contributed by atoms with Gasteiger partial charge >= 0.3 is 0 Å². The average Bonchev–Trinajstić information content (AvgIpc) is 3.91. The van der Waals surface area contributed by atoms with E-state index in [0.717, 1.165) is 37.2 Å². The summed E-state index contributed by atoms with van der Waals surface area (Å²) in [5.74, 6) is 0.307. The first-order valence-corrected chi connectivity index (χ1v) is 24.3. The highest BCUT2D eigenvalue weighted by Crippen LogP contribution is 2.55. The molecule has 4 aliphatic rings. The van der Waals surface area contributed by atoms with Crippen molar-refractivity contribution in [1.82, 2.24) is 25.6 Å². The fourth-order valence-corrected chi connectivity index (χ4v) is 11.7.